The Balaban J connectivity index is 2.22. The van der Waals surface area contributed by atoms with Crippen LogP contribution in [0.4, 0.5) is 0 Å². The van der Waals surface area contributed by atoms with E-state index in [4.69, 9.17) is 14.2 Å². The Hall–Kier alpha value is -0.160. The first-order chi connectivity index (χ1) is 7.88. The molecule has 1 unspecified atom stereocenters. The molecule has 0 bridgehead atoms. The third-order valence-electron chi connectivity index (χ3n) is 3.03. The van der Waals surface area contributed by atoms with Crippen molar-refractivity contribution in [2.24, 2.45) is 5.92 Å². The molecule has 0 spiro atoms. The van der Waals surface area contributed by atoms with Crippen LogP contribution in [0.1, 0.15) is 19.8 Å². The van der Waals surface area contributed by atoms with Crippen molar-refractivity contribution in [3.05, 3.63) is 0 Å². The van der Waals surface area contributed by atoms with Gasteiger partial charge in [0.2, 0.25) is 0 Å². The van der Waals surface area contributed by atoms with E-state index < -0.39 is 0 Å². The first-order valence-electron chi connectivity index (χ1n) is 6.26. The second-order valence-corrected chi connectivity index (χ2v) is 4.18. The standard InChI is InChI=1S/C12H25NO3/c1-3-13-12(10-16-9-8-14-2)11-4-6-15-7-5-11/h11-13H,3-10H2,1-2H3. The van der Waals surface area contributed by atoms with Crippen molar-refractivity contribution in [3.63, 3.8) is 0 Å². The van der Waals surface area contributed by atoms with Crippen molar-refractivity contribution in [1.29, 1.82) is 0 Å². The topological polar surface area (TPSA) is 39.7 Å². The molecule has 1 aliphatic rings. The summed E-state index contributed by atoms with van der Waals surface area (Å²) < 4.78 is 16.0. The van der Waals surface area contributed by atoms with Crippen molar-refractivity contribution < 1.29 is 14.2 Å². The van der Waals surface area contributed by atoms with Gasteiger partial charge in [0.05, 0.1) is 19.8 Å². The second-order valence-electron chi connectivity index (χ2n) is 4.18. The number of ether oxygens (including phenoxy) is 3. The van der Waals surface area contributed by atoms with Gasteiger partial charge in [0.25, 0.3) is 0 Å². The van der Waals surface area contributed by atoms with Crippen LogP contribution in [0.25, 0.3) is 0 Å². The predicted molar refractivity (Wildman–Crippen MR) is 63.7 cm³/mol. The lowest BCUT2D eigenvalue weighted by atomic mass is 9.92. The lowest BCUT2D eigenvalue weighted by molar-refractivity contribution is 0.0172. The first kappa shape index (κ1) is 13.9. The van der Waals surface area contributed by atoms with E-state index in [1.54, 1.807) is 7.11 Å². The Kier molecular flexibility index (Phi) is 7.76. The number of hydrogen-bond donors (Lipinski definition) is 1. The molecule has 1 atom stereocenters. The van der Waals surface area contributed by atoms with Gasteiger partial charge < -0.3 is 19.5 Å². The second kappa shape index (κ2) is 8.93. The maximum absolute atomic E-state index is 5.61. The van der Waals surface area contributed by atoms with Crippen LogP contribution in [-0.4, -0.2) is 52.7 Å². The van der Waals surface area contributed by atoms with Crippen LogP contribution in [0, 0.1) is 5.92 Å². The van der Waals surface area contributed by atoms with Crippen molar-refractivity contribution in [2.45, 2.75) is 25.8 Å². The Morgan fingerprint density at radius 2 is 2.06 bits per heavy atom. The van der Waals surface area contributed by atoms with Gasteiger partial charge in [0.15, 0.2) is 0 Å². The molecule has 1 saturated heterocycles. The Bertz CT molecular complexity index is 160. The molecule has 0 saturated carbocycles. The number of methoxy groups -OCH3 is 1. The minimum atomic E-state index is 0.464. The molecule has 1 heterocycles. The largest absolute Gasteiger partial charge is 0.382 e. The summed E-state index contributed by atoms with van der Waals surface area (Å²) in [6.45, 7) is 7.06. The summed E-state index contributed by atoms with van der Waals surface area (Å²) in [4.78, 5) is 0. The maximum Gasteiger partial charge on any atom is 0.0701 e. The third kappa shape index (κ3) is 5.25. The van der Waals surface area contributed by atoms with Gasteiger partial charge in [0.1, 0.15) is 0 Å². The average Bonchev–Trinajstić information content (AvgIpc) is 2.34. The molecule has 0 aromatic rings. The highest BCUT2D eigenvalue weighted by atomic mass is 16.5. The summed E-state index contributed by atoms with van der Waals surface area (Å²) in [7, 11) is 1.70. The molecule has 16 heavy (non-hydrogen) atoms. The smallest absolute Gasteiger partial charge is 0.0701 e. The zero-order valence-electron chi connectivity index (χ0n) is 10.5. The SMILES string of the molecule is CCNC(COCCOC)C1CCOCC1. The van der Waals surface area contributed by atoms with E-state index in [0.29, 0.717) is 25.2 Å². The minimum Gasteiger partial charge on any atom is -0.382 e. The molecule has 0 amide bonds. The van der Waals surface area contributed by atoms with Crippen LogP contribution in [0.3, 0.4) is 0 Å². The van der Waals surface area contributed by atoms with Gasteiger partial charge in [0, 0.05) is 26.4 Å². The molecule has 1 fully saturated rings. The number of nitrogens with one attached hydrogen (secondary N) is 1. The highest BCUT2D eigenvalue weighted by molar-refractivity contribution is 4.78. The monoisotopic (exact) mass is 231 g/mol. The van der Waals surface area contributed by atoms with Crippen molar-refractivity contribution in [3.8, 4) is 0 Å². The van der Waals surface area contributed by atoms with E-state index >= 15 is 0 Å². The van der Waals surface area contributed by atoms with Gasteiger partial charge in [-0.05, 0) is 25.3 Å². The van der Waals surface area contributed by atoms with Crippen molar-refractivity contribution in [2.75, 3.05) is 46.7 Å². The first-order valence-corrected chi connectivity index (χ1v) is 6.26. The highest BCUT2D eigenvalue weighted by Gasteiger charge is 2.23. The van der Waals surface area contributed by atoms with Crippen LogP contribution in [-0.2, 0) is 14.2 Å². The molecule has 0 radical (unpaired) electrons. The molecule has 96 valence electrons. The van der Waals surface area contributed by atoms with E-state index in [9.17, 15) is 0 Å². The number of rotatable bonds is 8. The Labute approximate surface area is 98.6 Å². The van der Waals surface area contributed by atoms with Crippen molar-refractivity contribution in [1.82, 2.24) is 5.32 Å². The maximum atomic E-state index is 5.61. The zero-order chi connectivity index (χ0) is 11.6. The molecular formula is C12H25NO3. The molecule has 1 aliphatic heterocycles. The van der Waals surface area contributed by atoms with Gasteiger partial charge in [-0.3, -0.25) is 0 Å². The number of likely N-dealkylation sites (N-methyl/N-ethyl adjacent to an activating group) is 1. The molecule has 0 aromatic carbocycles. The molecule has 4 nitrogen and oxygen atoms in total. The van der Waals surface area contributed by atoms with Crippen LogP contribution in [0.15, 0.2) is 0 Å². The van der Waals surface area contributed by atoms with Gasteiger partial charge in [-0.15, -0.1) is 0 Å². The minimum absolute atomic E-state index is 0.464. The average molecular weight is 231 g/mol. The summed E-state index contributed by atoms with van der Waals surface area (Å²) in [5, 5.41) is 3.51. The molecule has 1 N–H and O–H groups in total. The van der Waals surface area contributed by atoms with Crippen LogP contribution in [0.2, 0.25) is 0 Å². The van der Waals surface area contributed by atoms with Gasteiger partial charge >= 0.3 is 0 Å². The molecule has 4 heteroatoms. The van der Waals surface area contributed by atoms with E-state index in [2.05, 4.69) is 12.2 Å². The lowest BCUT2D eigenvalue weighted by Crippen LogP contribution is -2.42. The van der Waals surface area contributed by atoms with Gasteiger partial charge in [-0.25, -0.2) is 0 Å². The fourth-order valence-electron chi connectivity index (χ4n) is 2.09. The predicted octanol–water partition coefficient (Wildman–Crippen LogP) is 1.05. The molecular weight excluding hydrogens is 206 g/mol. The van der Waals surface area contributed by atoms with Crippen LogP contribution >= 0.6 is 0 Å². The third-order valence-corrected chi connectivity index (χ3v) is 3.03. The van der Waals surface area contributed by atoms with E-state index in [0.717, 1.165) is 39.2 Å². The van der Waals surface area contributed by atoms with E-state index in [1.807, 2.05) is 0 Å². The summed E-state index contributed by atoms with van der Waals surface area (Å²) in [6, 6.07) is 0.464. The summed E-state index contributed by atoms with van der Waals surface area (Å²) in [5.74, 6) is 0.691. The fourth-order valence-corrected chi connectivity index (χ4v) is 2.09. The quantitative estimate of drug-likeness (QED) is 0.634. The van der Waals surface area contributed by atoms with Gasteiger partial charge in [-0.2, -0.15) is 0 Å². The van der Waals surface area contributed by atoms with Crippen LogP contribution in [0.5, 0.6) is 0 Å². The zero-order valence-corrected chi connectivity index (χ0v) is 10.5. The number of hydrogen-bond acceptors (Lipinski definition) is 4. The summed E-state index contributed by atoms with van der Waals surface area (Å²) in [6.07, 6.45) is 2.29. The Morgan fingerprint density at radius 3 is 2.69 bits per heavy atom. The fraction of sp³-hybridized carbons (Fsp3) is 1.00. The van der Waals surface area contributed by atoms with Crippen molar-refractivity contribution >= 4 is 0 Å². The Morgan fingerprint density at radius 1 is 1.31 bits per heavy atom. The highest BCUT2D eigenvalue weighted by Crippen LogP contribution is 2.19. The molecule has 1 rings (SSSR count). The molecule has 0 aliphatic carbocycles. The lowest BCUT2D eigenvalue weighted by Gasteiger charge is -2.30. The normalized spacial score (nSPS) is 19.9. The van der Waals surface area contributed by atoms with Crippen LogP contribution < -0.4 is 5.32 Å². The summed E-state index contributed by atoms with van der Waals surface area (Å²) >= 11 is 0. The summed E-state index contributed by atoms with van der Waals surface area (Å²) in [5.41, 5.74) is 0. The molecule has 0 aromatic heterocycles. The van der Waals surface area contributed by atoms with E-state index in [-0.39, 0.29) is 0 Å². The van der Waals surface area contributed by atoms with E-state index in [1.165, 1.54) is 0 Å². The van der Waals surface area contributed by atoms with Gasteiger partial charge in [-0.1, -0.05) is 6.92 Å².